The molecule has 94 valence electrons. The molecule has 4 nitrogen and oxygen atoms in total. The summed E-state index contributed by atoms with van der Waals surface area (Å²) in [5.74, 6) is 0.429. The van der Waals surface area contributed by atoms with Crippen LogP contribution in [0.15, 0.2) is 0 Å². The molecule has 1 rings (SSSR count). The van der Waals surface area contributed by atoms with Gasteiger partial charge in [-0.2, -0.15) is 0 Å². The van der Waals surface area contributed by atoms with Crippen LogP contribution in [0.1, 0.15) is 20.8 Å². The minimum absolute atomic E-state index is 0.0129. The molecule has 1 saturated heterocycles. The van der Waals surface area contributed by atoms with Gasteiger partial charge in [-0.1, -0.05) is 0 Å². The maximum atomic E-state index is 11.8. The maximum absolute atomic E-state index is 11.8. The molecule has 1 heterocycles. The Kier molecular flexibility index (Phi) is 5.52. The van der Waals surface area contributed by atoms with E-state index in [4.69, 9.17) is 21.1 Å². The lowest BCUT2D eigenvalue weighted by atomic mass is 10.2. The summed E-state index contributed by atoms with van der Waals surface area (Å²) in [6.07, 6.45) is 0.0557. The molecular weight excluding hydrogens is 230 g/mol. The second-order valence-corrected chi connectivity index (χ2v) is 4.69. The molecular formula is C11H20ClNO3. The molecule has 0 aromatic rings. The van der Waals surface area contributed by atoms with Crippen LogP contribution in [0.4, 0.5) is 0 Å². The van der Waals surface area contributed by atoms with Crippen LogP contribution in [0.3, 0.4) is 0 Å². The van der Waals surface area contributed by atoms with Gasteiger partial charge < -0.3 is 14.4 Å². The van der Waals surface area contributed by atoms with Gasteiger partial charge >= 0.3 is 0 Å². The highest BCUT2D eigenvalue weighted by Crippen LogP contribution is 2.12. The molecule has 1 fully saturated rings. The highest BCUT2D eigenvalue weighted by molar-refractivity contribution is 6.18. The predicted molar refractivity (Wildman–Crippen MR) is 62.7 cm³/mol. The molecule has 2 atom stereocenters. The first-order chi connectivity index (χ1) is 7.52. The highest BCUT2D eigenvalue weighted by atomic mass is 35.5. The number of hydrogen-bond donors (Lipinski definition) is 0. The third-order valence-electron chi connectivity index (χ3n) is 2.39. The Morgan fingerprint density at radius 2 is 2.25 bits per heavy atom. The predicted octanol–water partition coefficient (Wildman–Crippen LogP) is 1.27. The fraction of sp³-hybridized carbons (Fsp3) is 0.909. The van der Waals surface area contributed by atoms with Gasteiger partial charge in [0.2, 0.25) is 5.91 Å². The first kappa shape index (κ1) is 13.7. The molecule has 2 unspecified atom stereocenters. The molecule has 16 heavy (non-hydrogen) atoms. The van der Waals surface area contributed by atoms with Crippen LogP contribution < -0.4 is 0 Å². The van der Waals surface area contributed by atoms with Crippen molar-refractivity contribution >= 4 is 17.5 Å². The number of nitrogens with zero attached hydrogens (tertiary/aromatic N) is 1. The van der Waals surface area contributed by atoms with Crippen molar-refractivity contribution in [3.8, 4) is 0 Å². The Bertz CT molecular complexity index is 235. The average Bonchev–Trinajstić information content (AvgIpc) is 2.24. The summed E-state index contributed by atoms with van der Waals surface area (Å²) < 4.78 is 10.9. The second-order valence-electron chi connectivity index (χ2n) is 4.38. The summed E-state index contributed by atoms with van der Waals surface area (Å²) in [5, 5.41) is 0. The van der Waals surface area contributed by atoms with Crippen LogP contribution in [0.2, 0.25) is 0 Å². The number of rotatable bonds is 4. The van der Waals surface area contributed by atoms with E-state index < -0.39 is 0 Å². The molecule has 0 spiro atoms. The second kappa shape index (κ2) is 6.42. The fourth-order valence-corrected chi connectivity index (χ4v) is 1.83. The third-order valence-corrected chi connectivity index (χ3v) is 2.74. The molecule has 0 N–H and O–H groups in total. The fourth-order valence-electron chi connectivity index (χ4n) is 1.66. The van der Waals surface area contributed by atoms with Crippen molar-refractivity contribution in [2.75, 3.05) is 25.6 Å². The zero-order chi connectivity index (χ0) is 12.1. The van der Waals surface area contributed by atoms with E-state index in [9.17, 15) is 4.79 Å². The standard InChI is InChI=1S/C11H20ClNO3/c1-8(2)15-7-11(14)13-5-9(3)16-10(4-12)6-13/h8-10H,4-7H2,1-3H3. The minimum atomic E-state index is -0.0617. The van der Waals surface area contributed by atoms with Crippen LogP contribution in [0.25, 0.3) is 0 Å². The minimum Gasteiger partial charge on any atom is -0.370 e. The Hall–Kier alpha value is -0.320. The quantitative estimate of drug-likeness (QED) is 0.705. The van der Waals surface area contributed by atoms with E-state index in [1.54, 1.807) is 4.90 Å². The first-order valence-electron chi connectivity index (χ1n) is 5.63. The molecule has 0 aromatic carbocycles. The topological polar surface area (TPSA) is 38.8 Å². The molecule has 1 aliphatic heterocycles. The molecule has 1 aliphatic rings. The first-order valence-corrected chi connectivity index (χ1v) is 6.17. The largest absolute Gasteiger partial charge is 0.370 e. The van der Waals surface area contributed by atoms with E-state index >= 15 is 0 Å². The van der Waals surface area contributed by atoms with Crippen LogP contribution in [0, 0.1) is 0 Å². The van der Waals surface area contributed by atoms with Crippen LogP contribution in [-0.4, -0.2) is 54.7 Å². The van der Waals surface area contributed by atoms with Crippen LogP contribution in [0.5, 0.6) is 0 Å². The molecule has 5 heteroatoms. The van der Waals surface area contributed by atoms with Crippen molar-refractivity contribution in [2.24, 2.45) is 0 Å². The zero-order valence-electron chi connectivity index (χ0n) is 10.1. The smallest absolute Gasteiger partial charge is 0.248 e. The number of carbonyl (C=O) groups is 1. The van der Waals surface area contributed by atoms with Crippen LogP contribution >= 0.6 is 11.6 Å². The normalized spacial score (nSPS) is 26.2. The lowest BCUT2D eigenvalue weighted by Crippen LogP contribution is -2.50. The van der Waals surface area contributed by atoms with Crippen molar-refractivity contribution in [3.63, 3.8) is 0 Å². The van der Waals surface area contributed by atoms with Crippen LogP contribution in [-0.2, 0) is 14.3 Å². The van der Waals surface area contributed by atoms with E-state index in [0.717, 1.165) is 0 Å². The van der Waals surface area contributed by atoms with Crippen molar-refractivity contribution < 1.29 is 14.3 Å². The van der Waals surface area contributed by atoms with Crippen molar-refractivity contribution in [1.82, 2.24) is 4.90 Å². The van der Waals surface area contributed by atoms with E-state index in [2.05, 4.69) is 0 Å². The van der Waals surface area contributed by atoms with Gasteiger partial charge in [0.1, 0.15) is 6.61 Å². The number of morpholine rings is 1. The monoisotopic (exact) mass is 249 g/mol. The number of halogens is 1. The average molecular weight is 250 g/mol. The molecule has 1 amide bonds. The maximum Gasteiger partial charge on any atom is 0.248 e. The van der Waals surface area contributed by atoms with E-state index in [-0.39, 0.29) is 30.8 Å². The van der Waals surface area contributed by atoms with Crippen molar-refractivity contribution in [3.05, 3.63) is 0 Å². The summed E-state index contributed by atoms with van der Waals surface area (Å²) in [4.78, 5) is 13.6. The summed E-state index contributed by atoms with van der Waals surface area (Å²) >= 11 is 5.75. The molecule has 0 aromatic heterocycles. The third kappa shape index (κ3) is 4.28. The van der Waals surface area contributed by atoms with Crippen molar-refractivity contribution in [1.29, 1.82) is 0 Å². The number of alkyl halides is 1. The van der Waals surface area contributed by atoms with Gasteiger partial charge in [-0.15, -0.1) is 11.6 Å². The lowest BCUT2D eigenvalue weighted by molar-refractivity contribution is -0.148. The number of carbonyl (C=O) groups excluding carboxylic acids is 1. The van der Waals surface area contributed by atoms with Gasteiger partial charge in [-0.3, -0.25) is 4.79 Å². The summed E-state index contributed by atoms with van der Waals surface area (Å²) in [5.41, 5.74) is 0. The van der Waals surface area contributed by atoms with Gasteiger partial charge in [-0.05, 0) is 20.8 Å². The van der Waals surface area contributed by atoms with Crippen molar-refractivity contribution in [2.45, 2.75) is 39.1 Å². The highest BCUT2D eigenvalue weighted by Gasteiger charge is 2.27. The van der Waals surface area contributed by atoms with Gasteiger partial charge in [-0.25, -0.2) is 0 Å². The Labute approximate surface area is 102 Å². The number of hydrogen-bond acceptors (Lipinski definition) is 3. The summed E-state index contributed by atoms with van der Waals surface area (Å²) in [6.45, 7) is 7.09. The van der Waals surface area contributed by atoms with Gasteiger partial charge in [0, 0.05) is 13.1 Å². The van der Waals surface area contributed by atoms with E-state index in [1.165, 1.54) is 0 Å². The molecule has 0 saturated carbocycles. The molecule has 0 bridgehead atoms. The summed E-state index contributed by atoms with van der Waals surface area (Å²) in [7, 11) is 0. The van der Waals surface area contributed by atoms with E-state index in [1.807, 2.05) is 20.8 Å². The Balaban J connectivity index is 2.42. The number of ether oxygens (including phenoxy) is 2. The van der Waals surface area contributed by atoms with Gasteiger partial charge in [0.05, 0.1) is 24.2 Å². The van der Waals surface area contributed by atoms with Gasteiger partial charge in [0.25, 0.3) is 0 Å². The SMILES string of the molecule is CC(C)OCC(=O)N1CC(C)OC(CCl)C1. The summed E-state index contributed by atoms with van der Waals surface area (Å²) in [6, 6.07) is 0. The Morgan fingerprint density at radius 3 is 2.81 bits per heavy atom. The molecule has 0 aliphatic carbocycles. The Morgan fingerprint density at radius 1 is 1.56 bits per heavy atom. The van der Waals surface area contributed by atoms with E-state index in [0.29, 0.717) is 19.0 Å². The van der Waals surface area contributed by atoms with Gasteiger partial charge in [0.15, 0.2) is 0 Å². The molecule has 0 radical (unpaired) electrons. The zero-order valence-corrected chi connectivity index (χ0v) is 10.9. The number of amides is 1. The lowest BCUT2D eigenvalue weighted by Gasteiger charge is -2.36.